The van der Waals surface area contributed by atoms with Gasteiger partial charge < -0.3 is 15.2 Å². The number of nitrogens with two attached hydrogens (primary N) is 1. The van der Waals surface area contributed by atoms with Crippen molar-refractivity contribution in [1.29, 1.82) is 0 Å². The van der Waals surface area contributed by atoms with Crippen LogP contribution in [0.4, 0.5) is 0 Å². The Morgan fingerprint density at radius 3 is 2.52 bits per heavy atom. The van der Waals surface area contributed by atoms with E-state index in [0.717, 1.165) is 16.9 Å². The highest BCUT2D eigenvalue weighted by Crippen LogP contribution is 2.29. The van der Waals surface area contributed by atoms with E-state index in [1.807, 2.05) is 55.5 Å². The van der Waals surface area contributed by atoms with Crippen molar-refractivity contribution in [3.8, 4) is 11.5 Å². The number of ether oxygens (including phenoxy) is 2. The van der Waals surface area contributed by atoms with Crippen molar-refractivity contribution in [3.63, 3.8) is 0 Å². The maximum atomic E-state index is 5.87. The van der Waals surface area contributed by atoms with Crippen LogP contribution in [0.3, 0.4) is 0 Å². The molecule has 2 aromatic rings. The van der Waals surface area contributed by atoms with E-state index in [-0.39, 0.29) is 6.04 Å². The van der Waals surface area contributed by atoms with E-state index in [1.165, 1.54) is 0 Å². The van der Waals surface area contributed by atoms with Crippen molar-refractivity contribution in [2.24, 2.45) is 5.73 Å². The first-order valence-corrected chi connectivity index (χ1v) is 6.98. The second kappa shape index (κ2) is 7.50. The zero-order valence-electron chi connectivity index (χ0n) is 12.5. The number of hydrogen-bond acceptors (Lipinski definition) is 3. The molecular weight excluding hydrogens is 262 g/mol. The molecule has 0 fully saturated rings. The molecular formula is C18H21NO2. The Morgan fingerprint density at radius 1 is 1.10 bits per heavy atom. The fraction of sp³-hybridized carbons (Fsp3) is 0.222. The van der Waals surface area contributed by atoms with Crippen LogP contribution in [0.5, 0.6) is 11.5 Å². The SMILES string of the molecule is COc1cc([C@@H](C)N)ccc1OCC=Cc1ccccc1. The molecule has 3 nitrogen and oxygen atoms in total. The van der Waals surface area contributed by atoms with Crippen LogP contribution >= 0.6 is 0 Å². The standard InChI is InChI=1S/C18H21NO2/c1-14(19)16-10-11-17(18(13-16)20-2)21-12-6-9-15-7-4-3-5-8-15/h3-11,13-14H,12,19H2,1-2H3/t14-/m1/s1. The molecule has 0 unspecified atom stereocenters. The third-order valence-electron chi connectivity index (χ3n) is 3.16. The van der Waals surface area contributed by atoms with Crippen molar-refractivity contribution < 1.29 is 9.47 Å². The number of methoxy groups -OCH3 is 1. The van der Waals surface area contributed by atoms with Crippen LogP contribution in [0.15, 0.2) is 54.6 Å². The van der Waals surface area contributed by atoms with Gasteiger partial charge in [-0.15, -0.1) is 0 Å². The average Bonchev–Trinajstić information content (AvgIpc) is 2.52. The Bertz CT molecular complexity index is 591. The molecule has 0 spiro atoms. The molecule has 2 N–H and O–H groups in total. The predicted octanol–water partition coefficient (Wildman–Crippen LogP) is 3.81. The highest BCUT2D eigenvalue weighted by atomic mass is 16.5. The van der Waals surface area contributed by atoms with E-state index in [0.29, 0.717) is 12.4 Å². The molecule has 0 radical (unpaired) electrons. The van der Waals surface area contributed by atoms with Gasteiger partial charge in [0.2, 0.25) is 0 Å². The maximum absolute atomic E-state index is 5.87. The van der Waals surface area contributed by atoms with Gasteiger partial charge in [0.25, 0.3) is 0 Å². The largest absolute Gasteiger partial charge is 0.493 e. The molecule has 2 aromatic carbocycles. The van der Waals surface area contributed by atoms with Gasteiger partial charge in [-0.1, -0.05) is 42.5 Å². The molecule has 0 saturated carbocycles. The third kappa shape index (κ3) is 4.36. The topological polar surface area (TPSA) is 44.5 Å². The Balaban J connectivity index is 1.98. The normalized spacial score (nSPS) is 12.3. The van der Waals surface area contributed by atoms with E-state index in [4.69, 9.17) is 15.2 Å². The molecule has 21 heavy (non-hydrogen) atoms. The summed E-state index contributed by atoms with van der Waals surface area (Å²) in [7, 11) is 1.63. The summed E-state index contributed by atoms with van der Waals surface area (Å²) in [5.74, 6) is 1.43. The van der Waals surface area contributed by atoms with Gasteiger partial charge in [-0.2, -0.15) is 0 Å². The lowest BCUT2D eigenvalue weighted by Crippen LogP contribution is -2.05. The van der Waals surface area contributed by atoms with Crippen molar-refractivity contribution >= 4 is 6.08 Å². The Hall–Kier alpha value is -2.26. The molecule has 110 valence electrons. The molecule has 0 heterocycles. The fourth-order valence-corrected chi connectivity index (χ4v) is 1.97. The van der Waals surface area contributed by atoms with E-state index < -0.39 is 0 Å². The summed E-state index contributed by atoms with van der Waals surface area (Å²) in [5, 5.41) is 0. The Kier molecular flexibility index (Phi) is 5.41. The monoisotopic (exact) mass is 283 g/mol. The number of hydrogen-bond donors (Lipinski definition) is 1. The lowest BCUT2D eigenvalue weighted by Gasteiger charge is -2.12. The van der Waals surface area contributed by atoms with Crippen LogP contribution < -0.4 is 15.2 Å². The summed E-state index contributed by atoms with van der Waals surface area (Å²) in [6.45, 7) is 2.43. The van der Waals surface area contributed by atoms with Crippen molar-refractivity contribution in [3.05, 3.63) is 65.7 Å². The summed E-state index contributed by atoms with van der Waals surface area (Å²) in [6, 6.07) is 15.9. The minimum Gasteiger partial charge on any atom is -0.493 e. The van der Waals surface area contributed by atoms with Gasteiger partial charge in [-0.05, 0) is 36.3 Å². The summed E-state index contributed by atoms with van der Waals surface area (Å²) >= 11 is 0. The van der Waals surface area contributed by atoms with Gasteiger partial charge in [0.15, 0.2) is 11.5 Å². The van der Waals surface area contributed by atoms with E-state index >= 15 is 0 Å². The second-order valence-electron chi connectivity index (χ2n) is 4.82. The molecule has 0 saturated heterocycles. The molecule has 0 aliphatic carbocycles. The van der Waals surface area contributed by atoms with Gasteiger partial charge in [-0.25, -0.2) is 0 Å². The first kappa shape index (κ1) is 15.1. The van der Waals surface area contributed by atoms with Crippen molar-refractivity contribution in [2.75, 3.05) is 13.7 Å². The Labute approximate surface area is 126 Å². The quantitative estimate of drug-likeness (QED) is 0.876. The first-order chi connectivity index (χ1) is 10.2. The molecule has 0 aliphatic rings. The minimum absolute atomic E-state index is 0.0223. The fourth-order valence-electron chi connectivity index (χ4n) is 1.97. The highest BCUT2D eigenvalue weighted by molar-refractivity contribution is 5.49. The van der Waals surface area contributed by atoms with E-state index in [9.17, 15) is 0 Å². The smallest absolute Gasteiger partial charge is 0.161 e. The highest BCUT2D eigenvalue weighted by Gasteiger charge is 2.07. The predicted molar refractivity (Wildman–Crippen MR) is 86.6 cm³/mol. The van der Waals surface area contributed by atoms with E-state index in [1.54, 1.807) is 7.11 Å². The molecule has 3 heteroatoms. The number of rotatable bonds is 6. The van der Waals surface area contributed by atoms with Crippen LogP contribution in [-0.2, 0) is 0 Å². The zero-order chi connectivity index (χ0) is 15.1. The second-order valence-corrected chi connectivity index (χ2v) is 4.82. The summed E-state index contributed by atoms with van der Waals surface area (Å²) in [6.07, 6.45) is 4.01. The Morgan fingerprint density at radius 2 is 1.86 bits per heavy atom. The summed E-state index contributed by atoms with van der Waals surface area (Å²) in [5.41, 5.74) is 8.05. The number of benzene rings is 2. The minimum atomic E-state index is -0.0223. The summed E-state index contributed by atoms with van der Waals surface area (Å²) < 4.78 is 11.1. The molecule has 0 bridgehead atoms. The van der Waals surface area contributed by atoms with Crippen LogP contribution in [0.2, 0.25) is 0 Å². The third-order valence-corrected chi connectivity index (χ3v) is 3.16. The maximum Gasteiger partial charge on any atom is 0.161 e. The van der Waals surface area contributed by atoms with E-state index in [2.05, 4.69) is 12.1 Å². The summed E-state index contributed by atoms with van der Waals surface area (Å²) in [4.78, 5) is 0. The van der Waals surface area contributed by atoms with Gasteiger partial charge in [-0.3, -0.25) is 0 Å². The van der Waals surface area contributed by atoms with Gasteiger partial charge in [0.1, 0.15) is 6.61 Å². The molecule has 0 aliphatic heterocycles. The first-order valence-electron chi connectivity index (χ1n) is 6.98. The molecule has 2 rings (SSSR count). The molecule has 0 aromatic heterocycles. The van der Waals surface area contributed by atoms with Crippen LogP contribution in [-0.4, -0.2) is 13.7 Å². The lowest BCUT2D eigenvalue weighted by molar-refractivity contribution is 0.326. The van der Waals surface area contributed by atoms with Crippen molar-refractivity contribution in [1.82, 2.24) is 0 Å². The molecule has 1 atom stereocenters. The van der Waals surface area contributed by atoms with Crippen molar-refractivity contribution in [2.45, 2.75) is 13.0 Å². The zero-order valence-corrected chi connectivity index (χ0v) is 12.5. The van der Waals surface area contributed by atoms with Crippen LogP contribution in [0.1, 0.15) is 24.1 Å². The molecule has 0 amide bonds. The van der Waals surface area contributed by atoms with Crippen LogP contribution in [0.25, 0.3) is 6.08 Å². The van der Waals surface area contributed by atoms with Gasteiger partial charge in [0.05, 0.1) is 7.11 Å². The van der Waals surface area contributed by atoms with Gasteiger partial charge in [0, 0.05) is 6.04 Å². The average molecular weight is 283 g/mol. The lowest BCUT2D eigenvalue weighted by atomic mass is 10.1. The van der Waals surface area contributed by atoms with Crippen LogP contribution in [0, 0.1) is 0 Å². The van der Waals surface area contributed by atoms with Gasteiger partial charge >= 0.3 is 0 Å².